The second kappa shape index (κ2) is 9.68. The van der Waals surface area contributed by atoms with Gasteiger partial charge in [0.1, 0.15) is 11.7 Å². The maximum Gasteiger partial charge on any atom is 0.287 e. The smallest absolute Gasteiger partial charge is 0.287 e. The van der Waals surface area contributed by atoms with Crippen LogP contribution in [-0.4, -0.2) is 74.9 Å². The Labute approximate surface area is 191 Å². The van der Waals surface area contributed by atoms with Crippen LogP contribution < -0.4 is 5.32 Å². The third-order valence-electron chi connectivity index (χ3n) is 5.61. The van der Waals surface area contributed by atoms with E-state index >= 15 is 0 Å². The van der Waals surface area contributed by atoms with E-state index in [1.807, 2.05) is 26.0 Å². The van der Waals surface area contributed by atoms with Gasteiger partial charge in [-0.05, 0) is 36.2 Å². The van der Waals surface area contributed by atoms with Gasteiger partial charge in [0.2, 0.25) is 5.91 Å². The minimum Gasteiger partial charge on any atom is -0.459 e. The minimum atomic E-state index is -0.681. The zero-order chi connectivity index (χ0) is 23.4. The van der Waals surface area contributed by atoms with Crippen molar-refractivity contribution in [1.29, 1.82) is 0 Å². The van der Waals surface area contributed by atoms with Crippen LogP contribution in [-0.2, 0) is 4.79 Å². The third kappa shape index (κ3) is 4.94. The number of carbonyl (C=O) groups is 3. The first kappa shape index (κ1) is 22.3. The van der Waals surface area contributed by atoms with Gasteiger partial charge in [0, 0.05) is 44.1 Å². The minimum absolute atomic E-state index is 0.105. The molecule has 3 amide bonds. The average molecular weight is 450 g/mol. The molecule has 3 aromatic rings. The van der Waals surface area contributed by atoms with E-state index in [-0.39, 0.29) is 23.5 Å². The Hall–Kier alpha value is -3.95. The number of rotatable bonds is 6. The summed E-state index contributed by atoms with van der Waals surface area (Å²) in [6.45, 7) is 5.30. The number of furan rings is 1. The molecule has 1 aliphatic heterocycles. The predicted molar refractivity (Wildman–Crippen MR) is 119 cm³/mol. The van der Waals surface area contributed by atoms with Gasteiger partial charge in [0.05, 0.1) is 12.0 Å². The first-order valence-corrected chi connectivity index (χ1v) is 10.8. The van der Waals surface area contributed by atoms with Crippen molar-refractivity contribution in [3.63, 3.8) is 0 Å². The lowest BCUT2D eigenvalue weighted by Crippen LogP contribution is -2.57. The quantitative estimate of drug-likeness (QED) is 0.590. The van der Waals surface area contributed by atoms with E-state index in [1.165, 1.54) is 6.26 Å². The lowest BCUT2D eigenvalue weighted by Gasteiger charge is -2.37. The SMILES string of the molecule is CC(C)C(NC(=O)c1ccco1)C(=O)N1CCN(C(=O)c2cc(-c3cccnc3)n[nH]2)CC1. The molecule has 0 radical (unpaired) electrons. The van der Waals surface area contributed by atoms with Gasteiger partial charge >= 0.3 is 0 Å². The Kier molecular flexibility index (Phi) is 6.53. The summed E-state index contributed by atoms with van der Waals surface area (Å²) in [6, 6.07) is 7.88. The number of hydrogen-bond donors (Lipinski definition) is 2. The van der Waals surface area contributed by atoms with Gasteiger partial charge in [-0.3, -0.25) is 24.5 Å². The molecule has 1 atom stereocenters. The molecular formula is C23H26N6O4. The van der Waals surface area contributed by atoms with Crippen LogP contribution in [0.1, 0.15) is 34.9 Å². The Morgan fingerprint density at radius 1 is 1.09 bits per heavy atom. The molecule has 0 aliphatic carbocycles. The van der Waals surface area contributed by atoms with Crippen LogP contribution in [0.5, 0.6) is 0 Å². The summed E-state index contributed by atoms with van der Waals surface area (Å²) in [5.74, 6) is -0.709. The molecule has 0 spiro atoms. The van der Waals surface area contributed by atoms with E-state index in [2.05, 4.69) is 20.5 Å². The fourth-order valence-electron chi connectivity index (χ4n) is 3.72. The second-order valence-corrected chi connectivity index (χ2v) is 8.20. The lowest BCUT2D eigenvalue weighted by molar-refractivity contribution is -0.135. The third-order valence-corrected chi connectivity index (χ3v) is 5.61. The number of piperazine rings is 1. The summed E-state index contributed by atoms with van der Waals surface area (Å²) in [5, 5.41) is 9.78. The van der Waals surface area contributed by atoms with E-state index in [0.29, 0.717) is 37.6 Å². The molecule has 3 aromatic heterocycles. The van der Waals surface area contributed by atoms with Crippen molar-refractivity contribution in [3.05, 3.63) is 60.4 Å². The van der Waals surface area contributed by atoms with Gasteiger partial charge in [0.25, 0.3) is 11.8 Å². The first-order chi connectivity index (χ1) is 15.9. The highest BCUT2D eigenvalue weighted by molar-refractivity contribution is 5.96. The highest BCUT2D eigenvalue weighted by Crippen LogP contribution is 2.18. The molecule has 0 saturated carbocycles. The van der Waals surface area contributed by atoms with E-state index in [0.717, 1.165) is 5.56 Å². The zero-order valence-electron chi connectivity index (χ0n) is 18.5. The highest BCUT2D eigenvalue weighted by atomic mass is 16.3. The van der Waals surface area contributed by atoms with Crippen molar-refractivity contribution in [3.8, 4) is 11.3 Å². The van der Waals surface area contributed by atoms with Gasteiger partial charge in [-0.25, -0.2) is 0 Å². The van der Waals surface area contributed by atoms with Crippen LogP contribution in [0.25, 0.3) is 11.3 Å². The largest absolute Gasteiger partial charge is 0.459 e. The Balaban J connectivity index is 1.35. The van der Waals surface area contributed by atoms with Crippen molar-refractivity contribution in [2.24, 2.45) is 5.92 Å². The number of hydrogen-bond acceptors (Lipinski definition) is 6. The predicted octanol–water partition coefficient (Wildman–Crippen LogP) is 1.80. The summed E-state index contributed by atoms with van der Waals surface area (Å²) >= 11 is 0. The fraction of sp³-hybridized carbons (Fsp3) is 0.348. The Morgan fingerprint density at radius 2 is 1.85 bits per heavy atom. The molecule has 1 unspecified atom stereocenters. The van der Waals surface area contributed by atoms with E-state index in [4.69, 9.17) is 4.42 Å². The van der Waals surface area contributed by atoms with E-state index < -0.39 is 11.9 Å². The van der Waals surface area contributed by atoms with Gasteiger partial charge < -0.3 is 19.5 Å². The second-order valence-electron chi connectivity index (χ2n) is 8.20. The zero-order valence-corrected chi connectivity index (χ0v) is 18.5. The molecule has 1 saturated heterocycles. The van der Waals surface area contributed by atoms with Gasteiger partial charge in [-0.2, -0.15) is 5.10 Å². The summed E-state index contributed by atoms with van der Waals surface area (Å²) in [7, 11) is 0. The Bertz CT molecular complexity index is 1100. The summed E-state index contributed by atoms with van der Waals surface area (Å²) < 4.78 is 5.12. The number of aromatic nitrogens is 3. The molecule has 4 heterocycles. The van der Waals surface area contributed by atoms with Crippen molar-refractivity contribution in [1.82, 2.24) is 30.3 Å². The number of carbonyl (C=O) groups excluding carboxylic acids is 3. The van der Waals surface area contributed by atoms with Crippen LogP contribution >= 0.6 is 0 Å². The molecule has 172 valence electrons. The monoisotopic (exact) mass is 450 g/mol. The van der Waals surface area contributed by atoms with Crippen molar-refractivity contribution in [2.45, 2.75) is 19.9 Å². The highest BCUT2D eigenvalue weighted by Gasteiger charge is 2.32. The van der Waals surface area contributed by atoms with Crippen molar-refractivity contribution < 1.29 is 18.8 Å². The Morgan fingerprint density at radius 3 is 2.48 bits per heavy atom. The summed E-state index contributed by atoms with van der Waals surface area (Å²) in [5.41, 5.74) is 1.85. The number of aromatic amines is 1. The maximum absolute atomic E-state index is 13.1. The molecule has 1 fully saturated rings. The summed E-state index contributed by atoms with van der Waals surface area (Å²) in [4.78, 5) is 45.8. The standard InChI is InChI=1S/C23H26N6O4/c1-15(2)20(25-21(30)19-6-4-12-33-19)23(32)29-10-8-28(9-11-29)22(31)18-13-17(26-27-18)16-5-3-7-24-14-16/h3-7,12-15,20H,8-11H2,1-2H3,(H,25,30)(H,26,27). The molecule has 1 aliphatic rings. The van der Waals surface area contributed by atoms with E-state index in [1.54, 1.807) is 40.4 Å². The number of amides is 3. The topological polar surface area (TPSA) is 124 Å². The number of H-pyrrole nitrogens is 1. The molecule has 0 bridgehead atoms. The first-order valence-electron chi connectivity index (χ1n) is 10.8. The normalized spacial score (nSPS) is 14.9. The van der Waals surface area contributed by atoms with Gasteiger partial charge in [-0.1, -0.05) is 13.8 Å². The van der Waals surface area contributed by atoms with Crippen LogP contribution in [0.2, 0.25) is 0 Å². The maximum atomic E-state index is 13.1. The number of nitrogens with zero attached hydrogens (tertiary/aromatic N) is 4. The molecule has 2 N–H and O–H groups in total. The van der Waals surface area contributed by atoms with Gasteiger partial charge in [-0.15, -0.1) is 0 Å². The van der Waals surface area contributed by atoms with E-state index in [9.17, 15) is 14.4 Å². The molecule has 33 heavy (non-hydrogen) atoms. The molecule has 10 heteroatoms. The van der Waals surface area contributed by atoms with Crippen LogP contribution in [0.4, 0.5) is 0 Å². The average Bonchev–Trinajstić information content (AvgIpc) is 3.55. The number of pyridine rings is 1. The van der Waals surface area contributed by atoms with Crippen LogP contribution in [0.15, 0.2) is 53.4 Å². The van der Waals surface area contributed by atoms with Gasteiger partial charge in [0.15, 0.2) is 5.76 Å². The fourth-order valence-corrected chi connectivity index (χ4v) is 3.72. The van der Waals surface area contributed by atoms with Crippen molar-refractivity contribution >= 4 is 17.7 Å². The summed E-state index contributed by atoms with van der Waals surface area (Å²) in [6.07, 6.45) is 4.77. The molecule has 4 rings (SSSR count). The number of nitrogens with one attached hydrogen (secondary N) is 2. The molecule has 0 aromatic carbocycles. The van der Waals surface area contributed by atoms with Crippen molar-refractivity contribution in [2.75, 3.05) is 26.2 Å². The lowest BCUT2D eigenvalue weighted by atomic mass is 10.0. The molecular weight excluding hydrogens is 424 g/mol. The van der Waals surface area contributed by atoms with Crippen LogP contribution in [0, 0.1) is 5.92 Å². The molecule has 10 nitrogen and oxygen atoms in total. The van der Waals surface area contributed by atoms with Crippen LogP contribution in [0.3, 0.4) is 0 Å².